The van der Waals surface area contributed by atoms with E-state index in [1.807, 2.05) is 40.8 Å². The van der Waals surface area contributed by atoms with E-state index in [4.69, 9.17) is 11.6 Å². The van der Waals surface area contributed by atoms with Crippen molar-refractivity contribution in [3.8, 4) is 5.69 Å². The molecule has 5 rings (SSSR count). The van der Waals surface area contributed by atoms with Gasteiger partial charge >= 0.3 is 5.69 Å². The van der Waals surface area contributed by atoms with Crippen LogP contribution in [0, 0.1) is 0 Å². The number of hydrogen-bond donors (Lipinski definition) is 2. The third-order valence-electron chi connectivity index (χ3n) is 4.87. The Morgan fingerprint density at radius 3 is 2.64 bits per heavy atom. The maximum Gasteiger partial charge on any atom is 0.334 e. The van der Waals surface area contributed by atoms with Crippen LogP contribution in [0.4, 0.5) is 5.82 Å². The highest BCUT2D eigenvalue weighted by Gasteiger charge is 2.15. The summed E-state index contributed by atoms with van der Waals surface area (Å²) in [6.07, 6.45) is 0. The second kappa shape index (κ2) is 8.57. The van der Waals surface area contributed by atoms with Gasteiger partial charge in [-0.15, -0.1) is 10.2 Å². The molecule has 0 saturated heterocycles. The lowest BCUT2D eigenvalue weighted by atomic mass is 10.2. The molecule has 2 aromatic carbocycles. The second-order valence-electron chi connectivity index (χ2n) is 7.04. The molecular weight excluding hydrogens is 464 g/mol. The maximum atomic E-state index is 12.7. The number of para-hydroxylation sites is 1. The smallest absolute Gasteiger partial charge is 0.311 e. The molecule has 0 bridgehead atoms. The van der Waals surface area contributed by atoms with Crippen LogP contribution in [0.3, 0.4) is 0 Å². The fourth-order valence-electron chi connectivity index (χ4n) is 3.45. The number of anilines is 1. The van der Waals surface area contributed by atoms with Crippen molar-refractivity contribution in [2.24, 2.45) is 0 Å². The summed E-state index contributed by atoms with van der Waals surface area (Å²) in [5, 5.41) is 13.1. The van der Waals surface area contributed by atoms with Crippen LogP contribution in [0.25, 0.3) is 22.2 Å². The SMILES string of the molecule is O=C(CSc1nnc2ccc3ccccc3n12)Nc1cc(=O)[nH]c(=O)n1-c1ccc(Cl)cc1. The van der Waals surface area contributed by atoms with Crippen LogP contribution in [-0.2, 0) is 4.79 Å². The van der Waals surface area contributed by atoms with Crippen molar-refractivity contribution < 1.29 is 4.79 Å². The minimum atomic E-state index is -0.678. The molecule has 11 heteroatoms. The average Bonchev–Trinajstić information content (AvgIpc) is 3.22. The molecular formula is C22H15ClN6O3S. The number of rotatable bonds is 5. The van der Waals surface area contributed by atoms with Crippen LogP contribution in [0.15, 0.2) is 81.5 Å². The van der Waals surface area contributed by atoms with Crippen molar-refractivity contribution in [3.63, 3.8) is 0 Å². The first-order valence-electron chi connectivity index (χ1n) is 9.77. The molecule has 33 heavy (non-hydrogen) atoms. The van der Waals surface area contributed by atoms with Crippen molar-refractivity contribution in [1.82, 2.24) is 24.1 Å². The first-order valence-corrected chi connectivity index (χ1v) is 11.1. The zero-order valence-electron chi connectivity index (χ0n) is 16.9. The average molecular weight is 479 g/mol. The Hall–Kier alpha value is -3.89. The Bertz CT molecular complexity index is 1620. The molecule has 3 aromatic heterocycles. The van der Waals surface area contributed by atoms with Gasteiger partial charge in [-0.2, -0.15) is 0 Å². The van der Waals surface area contributed by atoms with Gasteiger partial charge in [0.2, 0.25) is 5.91 Å². The molecule has 0 aliphatic rings. The van der Waals surface area contributed by atoms with Gasteiger partial charge in [-0.1, -0.05) is 41.6 Å². The first-order chi connectivity index (χ1) is 16.0. The molecule has 5 aromatic rings. The number of thioether (sulfide) groups is 1. The number of nitrogens with one attached hydrogen (secondary N) is 2. The van der Waals surface area contributed by atoms with Gasteiger partial charge < -0.3 is 5.32 Å². The van der Waals surface area contributed by atoms with Gasteiger partial charge in [-0.05, 0) is 47.9 Å². The summed E-state index contributed by atoms with van der Waals surface area (Å²) in [5.41, 5.74) is 0.737. The quantitative estimate of drug-likeness (QED) is 0.375. The van der Waals surface area contributed by atoms with Gasteiger partial charge in [0, 0.05) is 11.1 Å². The van der Waals surface area contributed by atoms with Crippen molar-refractivity contribution in [1.29, 1.82) is 0 Å². The summed E-state index contributed by atoms with van der Waals surface area (Å²) >= 11 is 7.12. The fourth-order valence-corrected chi connectivity index (χ4v) is 4.33. The Balaban J connectivity index is 1.42. The number of nitrogens with zero attached hydrogens (tertiary/aromatic N) is 4. The van der Waals surface area contributed by atoms with Crippen LogP contribution in [-0.4, -0.2) is 35.8 Å². The number of aromatic amines is 1. The number of aromatic nitrogens is 5. The molecule has 1 amide bonds. The predicted molar refractivity (Wildman–Crippen MR) is 128 cm³/mol. The van der Waals surface area contributed by atoms with E-state index in [-0.39, 0.29) is 11.6 Å². The highest BCUT2D eigenvalue weighted by Crippen LogP contribution is 2.23. The lowest BCUT2D eigenvalue weighted by Gasteiger charge is -2.13. The van der Waals surface area contributed by atoms with Gasteiger partial charge in [0.1, 0.15) is 5.82 Å². The zero-order chi connectivity index (χ0) is 22.9. The van der Waals surface area contributed by atoms with E-state index >= 15 is 0 Å². The van der Waals surface area contributed by atoms with E-state index in [1.165, 1.54) is 16.3 Å². The maximum absolute atomic E-state index is 12.7. The lowest BCUT2D eigenvalue weighted by Crippen LogP contribution is -2.32. The fraction of sp³-hybridized carbons (Fsp3) is 0.0455. The van der Waals surface area contributed by atoms with Crippen molar-refractivity contribution in [2.75, 3.05) is 11.1 Å². The monoisotopic (exact) mass is 478 g/mol. The number of H-pyrrole nitrogens is 1. The van der Waals surface area contributed by atoms with Gasteiger partial charge in [0.25, 0.3) is 5.56 Å². The Morgan fingerprint density at radius 1 is 1.03 bits per heavy atom. The standard InChI is InChI=1S/C22H15ClN6O3S/c23-14-6-8-15(9-7-14)28-18(11-19(30)25-21(28)32)24-20(31)12-33-22-27-26-17-10-5-13-3-1-2-4-16(13)29(17)22/h1-11H,12H2,(H,24,31)(H,25,30,32). The van der Waals surface area contributed by atoms with Crippen LogP contribution in [0.5, 0.6) is 0 Å². The summed E-state index contributed by atoms with van der Waals surface area (Å²) in [6, 6.07) is 19.2. The van der Waals surface area contributed by atoms with E-state index < -0.39 is 17.2 Å². The Kier molecular flexibility index (Phi) is 5.45. The number of halogens is 1. The van der Waals surface area contributed by atoms with Crippen LogP contribution in [0.2, 0.25) is 5.02 Å². The summed E-state index contributed by atoms with van der Waals surface area (Å²) in [5.74, 6) is -0.371. The third-order valence-corrected chi connectivity index (χ3v) is 6.06. The molecule has 0 fully saturated rings. The normalized spacial score (nSPS) is 11.2. The summed E-state index contributed by atoms with van der Waals surface area (Å²) in [4.78, 5) is 39.2. The molecule has 3 heterocycles. The van der Waals surface area contributed by atoms with E-state index in [9.17, 15) is 14.4 Å². The topological polar surface area (TPSA) is 114 Å². The van der Waals surface area contributed by atoms with E-state index in [0.29, 0.717) is 21.5 Å². The molecule has 0 saturated carbocycles. The van der Waals surface area contributed by atoms with Gasteiger partial charge in [0.15, 0.2) is 10.8 Å². The van der Waals surface area contributed by atoms with Gasteiger partial charge in [0.05, 0.1) is 17.0 Å². The lowest BCUT2D eigenvalue weighted by molar-refractivity contribution is -0.113. The van der Waals surface area contributed by atoms with Crippen LogP contribution in [0.1, 0.15) is 0 Å². The van der Waals surface area contributed by atoms with E-state index in [2.05, 4.69) is 20.5 Å². The second-order valence-corrected chi connectivity index (χ2v) is 8.42. The number of pyridine rings is 1. The van der Waals surface area contributed by atoms with Crippen molar-refractivity contribution >= 4 is 51.6 Å². The molecule has 0 spiro atoms. The minimum Gasteiger partial charge on any atom is -0.311 e. The molecule has 0 radical (unpaired) electrons. The highest BCUT2D eigenvalue weighted by atomic mass is 35.5. The predicted octanol–water partition coefficient (Wildman–Crippen LogP) is 3.11. The molecule has 9 nitrogen and oxygen atoms in total. The molecule has 164 valence electrons. The van der Waals surface area contributed by atoms with Crippen molar-refractivity contribution in [2.45, 2.75) is 5.16 Å². The summed E-state index contributed by atoms with van der Waals surface area (Å²) in [7, 11) is 0. The molecule has 2 N–H and O–H groups in total. The van der Waals surface area contributed by atoms with Gasteiger partial charge in [-0.25, -0.2) is 9.36 Å². The number of carbonyl (C=O) groups is 1. The van der Waals surface area contributed by atoms with Crippen molar-refractivity contribution in [3.05, 3.63) is 92.6 Å². The number of amides is 1. The molecule has 0 atom stereocenters. The summed E-state index contributed by atoms with van der Waals surface area (Å²) in [6.45, 7) is 0. The number of hydrogen-bond acceptors (Lipinski definition) is 6. The highest BCUT2D eigenvalue weighted by molar-refractivity contribution is 7.99. The minimum absolute atomic E-state index is 0.00831. The molecule has 0 unspecified atom stereocenters. The third kappa shape index (κ3) is 4.13. The first kappa shape index (κ1) is 21.0. The van der Waals surface area contributed by atoms with E-state index in [1.54, 1.807) is 24.3 Å². The van der Waals surface area contributed by atoms with Crippen LogP contribution >= 0.6 is 23.4 Å². The van der Waals surface area contributed by atoms with Crippen LogP contribution < -0.4 is 16.6 Å². The summed E-state index contributed by atoms with van der Waals surface area (Å²) < 4.78 is 3.07. The van der Waals surface area contributed by atoms with E-state index in [0.717, 1.165) is 17.0 Å². The number of carbonyl (C=O) groups excluding carboxylic acids is 1. The Morgan fingerprint density at radius 2 is 1.82 bits per heavy atom. The number of benzene rings is 2. The molecule has 0 aliphatic heterocycles. The van der Waals surface area contributed by atoms with Gasteiger partial charge in [-0.3, -0.25) is 19.0 Å². The largest absolute Gasteiger partial charge is 0.334 e. The zero-order valence-corrected chi connectivity index (χ0v) is 18.4. The number of fused-ring (bicyclic) bond motifs is 3. The molecule has 0 aliphatic carbocycles. The Labute approximate surface area is 195 Å².